The fourth-order valence-electron chi connectivity index (χ4n) is 2.36. The van der Waals surface area contributed by atoms with Crippen LogP contribution in [0.5, 0.6) is 5.75 Å². The predicted octanol–water partition coefficient (Wildman–Crippen LogP) is 4.66. The summed E-state index contributed by atoms with van der Waals surface area (Å²) in [5.41, 5.74) is 3.50. The number of thiophene rings is 1. The number of fused-ring (bicyclic) bond motifs is 1. The van der Waals surface area contributed by atoms with Crippen molar-refractivity contribution in [1.29, 1.82) is 0 Å². The van der Waals surface area contributed by atoms with E-state index in [4.69, 9.17) is 9.15 Å². The van der Waals surface area contributed by atoms with E-state index in [2.05, 4.69) is 36.0 Å². The van der Waals surface area contributed by atoms with Crippen LogP contribution in [-0.4, -0.2) is 7.11 Å². The van der Waals surface area contributed by atoms with Gasteiger partial charge in [-0.1, -0.05) is 12.1 Å². The molecule has 0 fully saturated rings. The third-order valence-corrected chi connectivity index (χ3v) is 4.64. The van der Waals surface area contributed by atoms with Gasteiger partial charge in [0.2, 0.25) is 0 Å². The highest BCUT2D eigenvalue weighted by Crippen LogP contribution is 2.31. The monoisotopic (exact) mass is 301 g/mol. The largest absolute Gasteiger partial charge is 0.493 e. The molecule has 0 saturated heterocycles. The Bertz CT molecular complexity index is 744. The van der Waals surface area contributed by atoms with Gasteiger partial charge < -0.3 is 14.5 Å². The summed E-state index contributed by atoms with van der Waals surface area (Å²) in [7, 11) is 1.66. The van der Waals surface area contributed by atoms with E-state index in [1.54, 1.807) is 18.4 Å². The molecule has 0 radical (unpaired) electrons. The number of hydrogen-bond donors (Lipinski definition) is 1. The van der Waals surface area contributed by atoms with Crippen LogP contribution < -0.4 is 10.1 Å². The first-order valence-corrected chi connectivity index (χ1v) is 7.95. The highest BCUT2D eigenvalue weighted by molar-refractivity contribution is 7.08. The molecule has 1 aromatic carbocycles. The van der Waals surface area contributed by atoms with Gasteiger partial charge >= 0.3 is 0 Å². The summed E-state index contributed by atoms with van der Waals surface area (Å²) in [5.74, 6) is 1.71. The summed E-state index contributed by atoms with van der Waals surface area (Å²) in [5, 5.41) is 8.95. The van der Waals surface area contributed by atoms with Crippen LogP contribution in [0.3, 0.4) is 0 Å². The van der Waals surface area contributed by atoms with E-state index in [0.717, 1.165) is 29.0 Å². The highest BCUT2D eigenvalue weighted by Gasteiger charge is 2.14. The molecule has 2 aromatic heterocycles. The van der Waals surface area contributed by atoms with Gasteiger partial charge in [0, 0.05) is 11.9 Å². The molecule has 0 spiro atoms. The number of methoxy groups -OCH3 is 1. The maximum absolute atomic E-state index is 5.97. The van der Waals surface area contributed by atoms with Crippen molar-refractivity contribution in [2.45, 2.75) is 26.4 Å². The first-order chi connectivity index (χ1) is 10.2. The maximum atomic E-state index is 5.97. The van der Waals surface area contributed by atoms with Crippen LogP contribution in [0, 0.1) is 6.92 Å². The molecule has 3 nitrogen and oxygen atoms in total. The molecule has 2 heterocycles. The second-order valence-electron chi connectivity index (χ2n) is 5.21. The summed E-state index contributed by atoms with van der Waals surface area (Å²) >= 11 is 1.74. The normalized spacial score (nSPS) is 12.7. The minimum Gasteiger partial charge on any atom is -0.493 e. The summed E-state index contributed by atoms with van der Waals surface area (Å²) in [6, 6.07) is 8.17. The molecule has 21 heavy (non-hydrogen) atoms. The summed E-state index contributed by atoms with van der Waals surface area (Å²) < 4.78 is 11.3. The number of ether oxygens (including phenoxy) is 1. The van der Waals surface area contributed by atoms with Gasteiger partial charge in [-0.3, -0.25) is 0 Å². The number of hydrogen-bond acceptors (Lipinski definition) is 4. The third-order valence-electron chi connectivity index (χ3n) is 3.73. The van der Waals surface area contributed by atoms with Gasteiger partial charge in [0.1, 0.15) is 5.76 Å². The zero-order valence-corrected chi connectivity index (χ0v) is 13.3. The second kappa shape index (κ2) is 5.92. The lowest BCUT2D eigenvalue weighted by molar-refractivity contribution is 0.399. The molecule has 3 rings (SSSR count). The lowest BCUT2D eigenvalue weighted by atomic mass is 10.2. The van der Waals surface area contributed by atoms with E-state index in [1.165, 1.54) is 11.1 Å². The second-order valence-corrected chi connectivity index (χ2v) is 5.95. The number of rotatable bonds is 5. The quantitative estimate of drug-likeness (QED) is 0.744. The molecular formula is C17H19NO2S. The lowest BCUT2D eigenvalue weighted by Crippen LogP contribution is -2.17. The Hall–Kier alpha value is -1.78. The van der Waals surface area contributed by atoms with Gasteiger partial charge in [0.15, 0.2) is 11.3 Å². The minimum absolute atomic E-state index is 0.154. The smallest absolute Gasteiger partial charge is 0.176 e. The van der Waals surface area contributed by atoms with Crippen molar-refractivity contribution in [2.75, 3.05) is 7.11 Å². The maximum Gasteiger partial charge on any atom is 0.176 e. The lowest BCUT2D eigenvalue weighted by Gasteiger charge is -2.11. The minimum atomic E-state index is 0.154. The van der Waals surface area contributed by atoms with Gasteiger partial charge in [0.25, 0.3) is 0 Å². The Morgan fingerprint density at radius 3 is 2.90 bits per heavy atom. The Labute approximate surface area is 128 Å². The van der Waals surface area contributed by atoms with E-state index >= 15 is 0 Å². The zero-order chi connectivity index (χ0) is 14.8. The third kappa shape index (κ3) is 2.82. The van der Waals surface area contributed by atoms with Gasteiger partial charge in [-0.15, -0.1) is 0 Å². The van der Waals surface area contributed by atoms with Crippen LogP contribution in [0.15, 0.2) is 39.4 Å². The Kier molecular flexibility index (Phi) is 3.99. The molecule has 0 aliphatic rings. The van der Waals surface area contributed by atoms with Gasteiger partial charge in [-0.05, 0) is 47.9 Å². The van der Waals surface area contributed by atoms with Gasteiger partial charge in [-0.2, -0.15) is 11.3 Å². The first kappa shape index (κ1) is 14.2. The van der Waals surface area contributed by atoms with Gasteiger partial charge in [-0.25, -0.2) is 0 Å². The standard InChI is InChI=1S/C17H19NO2S/c1-11-9-21-10-14(11)8-18-12(2)16-7-13-5-4-6-15(19-3)17(13)20-16/h4-7,9-10,12,18H,8H2,1-3H3. The SMILES string of the molecule is COc1cccc2cc(C(C)NCc3cscc3C)oc12. The average molecular weight is 301 g/mol. The average Bonchev–Trinajstić information content (AvgIpc) is 3.10. The summed E-state index contributed by atoms with van der Waals surface area (Å²) in [4.78, 5) is 0. The molecular weight excluding hydrogens is 282 g/mol. The van der Waals surface area contributed by atoms with Crippen LogP contribution in [0.1, 0.15) is 29.9 Å². The van der Waals surface area contributed by atoms with Crippen LogP contribution >= 0.6 is 11.3 Å². The topological polar surface area (TPSA) is 34.4 Å². The number of nitrogens with one attached hydrogen (secondary N) is 1. The Morgan fingerprint density at radius 2 is 2.19 bits per heavy atom. The van der Waals surface area contributed by atoms with Crippen molar-refractivity contribution in [2.24, 2.45) is 0 Å². The highest BCUT2D eigenvalue weighted by atomic mass is 32.1. The fraction of sp³-hybridized carbons (Fsp3) is 0.294. The Morgan fingerprint density at radius 1 is 1.33 bits per heavy atom. The molecule has 3 aromatic rings. The first-order valence-electron chi connectivity index (χ1n) is 7.00. The molecule has 110 valence electrons. The molecule has 0 aliphatic carbocycles. The number of benzene rings is 1. The molecule has 1 unspecified atom stereocenters. The van der Waals surface area contributed by atoms with E-state index in [-0.39, 0.29) is 6.04 Å². The van der Waals surface area contributed by atoms with E-state index in [0.29, 0.717) is 0 Å². The predicted molar refractivity (Wildman–Crippen MR) is 87.1 cm³/mol. The van der Waals surface area contributed by atoms with E-state index < -0.39 is 0 Å². The van der Waals surface area contributed by atoms with Crippen molar-refractivity contribution in [3.8, 4) is 5.75 Å². The van der Waals surface area contributed by atoms with Crippen LogP contribution in [0.4, 0.5) is 0 Å². The van der Waals surface area contributed by atoms with Crippen molar-refractivity contribution in [3.63, 3.8) is 0 Å². The summed E-state index contributed by atoms with van der Waals surface area (Å²) in [6.07, 6.45) is 0. The molecule has 0 bridgehead atoms. The number of furan rings is 1. The van der Waals surface area contributed by atoms with Crippen molar-refractivity contribution in [3.05, 3.63) is 51.9 Å². The molecule has 0 amide bonds. The zero-order valence-electron chi connectivity index (χ0n) is 12.5. The van der Waals surface area contributed by atoms with Crippen molar-refractivity contribution >= 4 is 22.3 Å². The Balaban J connectivity index is 1.78. The molecule has 1 atom stereocenters. The van der Waals surface area contributed by atoms with Crippen molar-refractivity contribution in [1.82, 2.24) is 5.32 Å². The van der Waals surface area contributed by atoms with E-state index in [1.807, 2.05) is 18.2 Å². The van der Waals surface area contributed by atoms with Crippen LogP contribution in [-0.2, 0) is 6.54 Å². The van der Waals surface area contributed by atoms with Crippen LogP contribution in [0.2, 0.25) is 0 Å². The van der Waals surface area contributed by atoms with E-state index in [9.17, 15) is 0 Å². The summed E-state index contributed by atoms with van der Waals surface area (Å²) in [6.45, 7) is 5.11. The number of para-hydroxylation sites is 1. The van der Waals surface area contributed by atoms with Gasteiger partial charge in [0.05, 0.1) is 13.2 Å². The molecule has 0 saturated carbocycles. The number of aryl methyl sites for hydroxylation is 1. The molecule has 1 N–H and O–H groups in total. The van der Waals surface area contributed by atoms with Crippen molar-refractivity contribution < 1.29 is 9.15 Å². The fourth-order valence-corrected chi connectivity index (χ4v) is 3.22. The van der Waals surface area contributed by atoms with Crippen LogP contribution in [0.25, 0.3) is 11.0 Å². The molecule has 4 heteroatoms. The molecule has 0 aliphatic heterocycles.